The summed E-state index contributed by atoms with van der Waals surface area (Å²) >= 11 is 0. The Balaban J connectivity index is 2.37. The fraction of sp³-hybridized carbons (Fsp3) is 1.00. The van der Waals surface area contributed by atoms with Crippen molar-refractivity contribution in [2.75, 3.05) is 0 Å². The van der Waals surface area contributed by atoms with Crippen LogP contribution in [0.2, 0.25) is 0 Å². The van der Waals surface area contributed by atoms with Crippen molar-refractivity contribution in [3.05, 3.63) is 0 Å². The van der Waals surface area contributed by atoms with E-state index in [0.717, 1.165) is 5.92 Å². The molecule has 0 spiro atoms. The zero-order valence-electron chi connectivity index (χ0n) is 8.77. The van der Waals surface area contributed by atoms with Crippen molar-refractivity contribution in [2.45, 2.75) is 58.4 Å². The molecule has 0 bridgehead atoms. The molecule has 1 aliphatic rings. The van der Waals surface area contributed by atoms with Crippen molar-refractivity contribution < 1.29 is 0 Å². The maximum absolute atomic E-state index is 6.24. The molecule has 0 saturated heterocycles. The van der Waals surface area contributed by atoms with E-state index in [4.69, 9.17) is 5.73 Å². The van der Waals surface area contributed by atoms with Gasteiger partial charge in [0.2, 0.25) is 0 Å². The molecule has 72 valence electrons. The van der Waals surface area contributed by atoms with E-state index in [1.807, 2.05) is 0 Å². The Labute approximate surface area is 76.7 Å². The van der Waals surface area contributed by atoms with Crippen molar-refractivity contribution in [1.82, 2.24) is 0 Å². The zero-order chi connectivity index (χ0) is 9.19. The Bertz CT molecular complexity index is 132. The zero-order valence-corrected chi connectivity index (χ0v) is 8.77. The SMILES string of the molecule is CC(C)C(C)(N)CC1CCCC1. The number of nitrogens with two attached hydrogens (primary N) is 1. The second-order valence-electron chi connectivity index (χ2n) is 5.02. The Morgan fingerprint density at radius 3 is 2.25 bits per heavy atom. The minimum atomic E-state index is 0.0645. The molecule has 1 unspecified atom stereocenters. The topological polar surface area (TPSA) is 26.0 Å². The lowest BCUT2D eigenvalue weighted by atomic mass is 9.81. The molecule has 0 radical (unpaired) electrons. The first-order chi connectivity index (χ1) is 5.52. The van der Waals surface area contributed by atoms with Crippen LogP contribution >= 0.6 is 0 Å². The summed E-state index contributed by atoms with van der Waals surface area (Å²) in [6.45, 7) is 6.67. The van der Waals surface area contributed by atoms with Crippen molar-refractivity contribution in [3.8, 4) is 0 Å². The number of hydrogen-bond acceptors (Lipinski definition) is 1. The van der Waals surface area contributed by atoms with Gasteiger partial charge in [-0.25, -0.2) is 0 Å². The van der Waals surface area contributed by atoms with E-state index >= 15 is 0 Å². The number of rotatable bonds is 3. The van der Waals surface area contributed by atoms with E-state index in [1.54, 1.807) is 0 Å². The van der Waals surface area contributed by atoms with Gasteiger partial charge >= 0.3 is 0 Å². The van der Waals surface area contributed by atoms with Gasteiger partial charge in [-0.05, 0) is 25.2 Å². The van der Waals surface area contributed by atoms with E-state index in [-0.39, 0.29) is 5.54 Å². The van der Waals surface area contributed by atoms with Gasteiger partial charge < -0.3 is 5.73 Å². The first-order valence-electron chi connectivity index (χ1n) is 5.31. The molecule has 1 aliphatic carbocycles. The van der Waals surface area contributed by atoms with Gasteiger partial charge in [0.25, 0.3) is 0 Å². The highest BCUT2D eigenvalue weighted by Crippen LogP contribution is 2.33. The third-order valence-corrected chi connectivity index (χ3v) is 3.52. The Hall–Kier alpha value is -0.0400. The van der Waals surface area contributed by atoms with Crippen molar-refractivity contribution in [3.63, 3.8) is 0 Å². The Kier molecular flexibility index (Phi) is 3.16. The molecule has 0 aromatic heterocycles. The highest BCUT2D eigenvalue weighted by molar-refractivity contribution is 4.86. The molecule has 0 aromatic rings. The Morgan fingerprint density at radius 2 is 1.83 bits per heavy atom. The first-order valence-corrected chi connectivity index (χ1v) is 5.31. The second kappa shape index (κ2) is 3.78. The molecule has 1 saturated carbocycles. The fourth-order valence-corrected chi connectivity index (χ4v) is 2.07. The van der Waals surface area contributed by atoms with Gasteiger partial charge in [-0.3, -0.25) is 0 Å². The van der Waals surface area contributed by atoms with Gasteiger partial charge in [-0.1, -0.05) is 39.5 Å². The van der Waals surface area contributed by atoms with Gasteiger partial charge in [0.15, 0.2) is 0 Å². The summed E-state index contributed by atoms with van der Waals surface area (Å²) in [5, 5.41) is 0. The molecule has 0 aliphatic heterocycles. The maximum Gasteiger partial charge on any atom is 0.0151 e. The van der Waals surface area contributed by atoms with Gasteiger partial charge in [0.1, 0.15) is 0 Å². The van der Waals surface area contributed by atoms with Crippen LogP contribution < -0.4 is 5.73 Å². The van der Waals surface area contributed by atoms with E-state index in [1.165, 1.54) is 32.1 Å². The van der Waals surface area contributed by atoms with Crippen LogP contribution in [0, 0.1) is 11.8 Å². The maximum atomic E-state index is 6.24. The fourth-order valence-electron chi connectivity index (χ4n) is 2.07. The van der Waals surface area contributed by atoms with Gasteiger partial charge in [-0.2, -0.15) is 0 Å². The predicted molar refractivity (Wildman–Crippen MR) is 54.0 cm³/mol. The molecule has 1 heteroatoms. The molecule has 12 heavy (non-hydrogen) atoms. The monoisotopic (exact) mass is 169 g/mol. The van der Waals surface area contributed by atoms with Crippen molar-refractivity contribution >= 4 is 0 Å². The van der Waals surface area contributed by atoms with Crippen LogP contribution in [0.1, 0.15) is 52.9 Å². The smallest absolute Gasteiger partial charge is 0.0151 e. The third kappa shape index (κ3) is 2.48. The quantitative estimate of drug-likeness (QED) is 0.690. The largest absolute Gasteiger partial charge is 0.325 e. The first kappa shape index (κ1) is 10.0. The minimum Gasteiger partial charge on any atom is -0.325 e. The van der Waals surface area contributed by atoms with E-state index in [0.29, 0.717) is 5.92 Å². The molecule has 1 atom stereocenters. The lowest BCUT2D eigenvalue weighted by Gasteiger charge is -2.31. The summed E-state index contributed by atoms with van der Waals surface area (Å²) < 4.78 is 0. The lowest BCUT2D eigenvalue weighted by molar-refractivity contribution is 0.265. The summed E-state index contributed by atoms with van der Waals surface area (Å²) in [5.74, 6) is 1.53. The van der Waals surface area contributed by atoms with Gasteiger partial charge in [0.05, 0.1) is 0 Å². The Morgan fingerprint density at radius 1 is 1.33 bits per heavy atom. The summed E-state index contributed by atoms with van der Waals surface area (Å²) in [6, 6.07) is 0. The van der Waals surface area contributed by atoms with Crippen LogP contribution in [-0.4, -0.2) is 5.54 Å². The van der Waals surface area contributed by atoms with Gasteiger partial charge in [0, 0.05) is 5.54 Å². The summed E-state index contributed by atoms with van der Waals surface area (Å²) in [6.07, 6.45) is 6.92. The standard InChI is InChI=1S/C11H23N/c1-9(2)11(3,12)8-10-6-4-5-7-10/h9-10H,4-8,12H2,1-3H3. The lowest BCUT2D eigenvalue weighted by Crippen LogP contribution is -2.43. The average Bonchev–Trinajstić information content (AvgIpc) is 2.38. The predicted octanol–water partition coefficient (Wildman–Crippen LogP) is 2.94. The van der Waals surface area contributed by atoms with Crippen molar-refractivity contribution in [1.29, 1.82) is 0 Å². The van der Waals surface area contributed by atoms with E-state index < -0.39 is 0 Å². The average molecular weight is 169 g/mol. The van der Waals surface area contributed by atoms with E-state index in [2.05, 4.69) is 20.8 Å². The molecular formula is C11H23N. The molecule has 1 nitrogen and oxygen atoms in total. The van der Waals surface area contributed by atoms with Crippen LogP contribution in [0.25, 0.3) is 0 Å². The molecule has 0 aromatic carbocycles. The second-order valence-corrected chi connectivity index (χ2v) is 5.02. The summed E-state index contributed by atoms with van der Waals surface area (Å²) in [4.78, 5) is 0. The highest BCUT2D eigenvalue weighted by atomic mass is 14.7. The summed E-state index contributed by atoms with van der Waals surface area (Å²) in [5.41, 5.74) is 6.30. The molecule has 1 fully saturated rings. The molecule has 0 heterocycles. The molecule has 0 amide bonds. The van der Waals surface area contributed by atoms with E-state index in [9.17, 15) is 0 Å². The molecular weight excluding hydrogens is 146 g/mol. The minimum absolute atomic E-state index is 0.0645. The van der Waals surface area contributed by atoms with Crippen LogP contribution in [0.15, 0.2) is 0 Å². The van der Waals surface area contributed by atoms with Crippen LogP contribution in [0.4, 0.5) is 0 Å². The normalized spacial score (nSPS) is 24.8. The molecule has 2 N–H and O–H groups in total. The third-order valence-electron chi connectivity index (χ3n) is 3.52. The summed E-state index contributed by atoms with van der Waals surface area (Å²) in [7, 11) is 0. The van der Waals surface area contributed by atoms with Crippen LogP contribution in [-0.2, 0) is 0 Å². The van der Waals surface area contributed by atoms with Crippen LogP contribution in [0.5, 0.6) is 0 Å². The molecule has 1 rings (SSSR count). The van der Waals surface area contributed by atoms with Crippen LogP contribution in [0.3, 0.4) is 0 Å². The highest BCUT2D eigenvalue weighted by Gasteiger charge is 2.28. The van der Waals surface area contributed by atoms with Crippen molar-refractivity contribution in [2.24, 2.45) is 17.6 Å². The van der Waals surface area contributed by atoms with Gasteiger partial charge in [-0.15, -0.1) is 0 Å². The number of hydrogen-bond donors (Lipinski definition) is 1.